The zero-order valence-electron chi connectivity index (χ0n) is 7.90. The van der Waals surface area contributed by atoms with E-state index in [9.17, 15) is 4.79 Å². The van der Waals surface area contributed by atoms with Crippen LogP contribution in [0.25, 0.3) is 0 Å². The van der Waals surface area contributed by atoms with Crippen molar-refractivity contribution in [3.05, 3.63) is 35.9 Å². The molecule has 0 aliphatic heterocycles. The Morgan fingerprint density at radius 2 is 1.85 bits per heavy atom. The van der Waals surface area contributed by atoms with Crippen LogP contribution in [-0.2, 0) is 0 Å². The first-order valence-electron chi connectivity index (χ1n) is 4.26. The molecular formula is C10H14N2O. The van der Waals surface area contributed by atoms with Crippen LogP contribution in [0.5, 0.6) is 0 Å². The number of rotatable bonds is 2. The third-order valence-electron chi connectivity index (χ3n) is 1.81. The van der Waals surface area contributed by atoms with Crippen LogP contribution in [0.1, 0.15) is 24.2 Å². The molecular weight excluding hydrogens is 164 g/mol. The topological polar surface area (TPSA) is 46.3 Å². The van der Waals surface area contributed by atoms with E-state index in [2.05, 4.69) is 0 Å². The maximum Gasteiger partial charge on any atom is 0.268 e. The summed E-state index contributed by atoms with van der Waals surface area (Å²) in [5.41, 5.74) is 0.624. The number of amides is 1. The highest BCUT2D eigenvalue weighted by Crippen LogP contribution is 2.03. The highest BCUT2D eigenvalue weighted by molar-refractivity contribution is 5.93. The smallest absolute Gasteiger partial charge is 0.268 e. The Labute approximate surface area is 78.1 Å². The SMILES string of the molecule is CC(C)N(N)C(=O)c1ccccc1. The normalized spacial score (nSPS) is 10.2. The molecule has 0 atom stereocenters. The molecule has 0 saturated heterocycles. The van der Waals surface area contributed by atoms with Crippen molar-refractivity contribution in [2.45, 2.75) is 19.9 Å². The van der Waals surface area contributed by atoms with Crippen molar-refractivity contribution in [1.82, 2.24) is 5.01 Å². The summed E-state index contributed by atoms with van der Waals surface area (Å²) in [4.78, 5) is 11.6. The van der Waals surface area contributed by atoms with E-state index in [0.29, 0.717) is 5.56 Å². The van der Waals surface area contributed by atoms with Gasteiger partial charge in [-0.3, -0.25) is 9.80 Å². The standard InChI is InChI=1S/C10H14N2O/c1-8(2)12(11)10(13)9-6-4-3-5-7-9/h3-8H,11H2,1-2H3. The Morgan fingerprint density at radius 1 is 1.31 bits per heavy atom. The molecule has 1 rings (SSSR count). The van der Waals surface area contributed by atoms with Gasteiger partial charge in [-0.25, -0.2) is 5.84 Å². The van der Waals surface area contributed by atoms with Gasteiger partial charge in [0.05, 0.1) is 0 Å². The lowest BCUT2D eigenvalue weighted by molar-refractivity contribution is 0.0706. The number of carbonyl (C=O) groups excluding carboxylic acids is 1. The lowest BCUT2D eigenvalue weighted by Gasteiger charge is -2.20. The maximum atomic E-state index is 11.6. The number of benzene rings is 1. The molecule has 1 amide bonds. The summed E-state index contributed by atoms with van der Waals surface area (Å²) in [5, 5.41) is 1.23. The van der Waals surface area contributed by atoms with E-state index in [0.717, 1.165) is 0 Å². The molecule has 2 N–H and O–H groups in total. The molecule has 0 aromatic heterocycles. The number of hydrogen-bond donors (Lipinski definition) is 1. The monoisotopic (exact) mass is 178 g/mol. The molecule has 1 aromatic rings. The molecule has 0 radical (unpaired) electrons. The minimum absolute atomic E-state index is 0.0210. The van der Waals surface area contributed by atoms with Gasteiger partial charge in [0.15, 0.2) is 0 Å². The minimum atomic E-state index is -0.143. The first kappa shape index (κ1) is 9.74. The second kappa shape index (κ2) is 4.05. The molecule has 0 aliphatic carbocycles. The molecule has 70 valence electrons. The first-order chi connectivity index (χ1) is 6.13. The van der Waals surface area contributed by atoms with Gasteiger partial charge in [0.1, 0.15) is 0 Å². The van der Waals surface area contributed by atoms with Gasteiger partial charge in [-0.15, -0.1) is 0 Å². The fraction of sp³-hybridized carbons (Fsp3) is 0.300. The summed E-state index contributed by atoms with van der Waals surface area (Å²) in [5.74, 6) is 5.43. The summed E-state index contributed by atoms with van der Waals surface area (Å²) in [6, 6.07) is 9.04. The van der Waals surface area contributed by atoms with Crippen molar-refractivity contribution in [2.24, 2.45) is 5.84 Å². The fourth-order valence-corrected chi connectivity index (χ4v) is 0.964. The van der Waals surface area contributed by atoms with Crippen molar-refractivity contribution in [2.75, 3.05) is 0 Å². The molecule has 0 unspecified atom stereocenters. The van der Waals surface area contributed by atoms with Crippen LogP contribution in [0, 0.1) is 0 Å². The third kappa shape index (κ3) is 2.29. The van der Waals surface area contributed by atoms with Gasteiger partial charge in [0.25, 0.3) is 5.91 Å². The number of hydrogen-bond acceptors (Lipinski definition) is 2. The van der Waals surface area contributed by atoms with Gasteiger partial charge in [-0.2, -0.15) is 0 Å². The average molecular weight is 178 g/mol. The van der Waals surface area contributed by atoms with Crippen LogP contribution in [-0.4, -0.2) is 17.0 Å². The minimum Gasteiger partial charge on any atom is -0.274 e. The van der Waals surface area contributed by atoms with Crippen LogP contribution in [0.2, 0.25) is 0 Å². The molecule has 3 nitrogen and oxygen atoms in total. The highest BCUT2D eigenvalue weighted by atomic mass is 16.2. The Morgan fingerprint density at radius 3 is 2.31 bits per heavy atom. The van der Waals surface area contributed by atoms with Crippen molar-refractivity contribution in [3.8, 4) is 0 Å². The Kier molecular flexibility index (Phi) is 3.03. The lowest BCUT2D eigenvalue weighted by atomic mass is 10.2. The zero-order chi connectivity index (χ0) is 9.84. The molecule has 0 saturated carbocycles. The molecule has 0 aliphatic rings. The lowest BCUT2D eigenvalue weighted by Crippen LogP contribution is -2.42. The molecule has 0 spiro atoms. The fourth-order valence-electron chi connectivity index (χ4n) is 0.964. The second-order valence-corrected chi connectivity index (χ2v) is 3.17. The number of hydrazine groups is 1. The van der Waals surface area contributed by atoms with Crippen LogP contribution >= 0.6 is 0 Å². The molecule has 3 heteroatoms. The van der Waals surface area contributed by atoms with Gasteiger partial charge in [-0.1, -0.05) is 18.2 Å². The van der Waals surface area contributed by atoms with Crippen LogP contribution in [0.15, 0.2) is 30.3 Å². The molecule has 1 aromatic carbocycles. The van der Waals surface area contributed by atoms with E-state index in [4.69, 9.17) is 5.84 Å². The van der Waals surface area contributed by atoms with Crippen molar-refractivity contribution in [1.29, 1.82) is 0 Å². The number of carbonyl (C=O) groups is 1. The molecule has 0 heterocycles. The maximum absolute atomic E-state index is 11.6. The molecule has 0 bridgehead atoms. The quantitative estimate of drug-likeness (QED) is 0.423. The predicted octanol–water partition coefficient (Wildman–Crippen LogP) is 1.41. The summed E-state index contributed by atoms with van der Waals surface area (Å²) in [6.45, 7) is 3.75. The Balaban J connectivity index is 2.80. The van der Waals surface area contributed by atoms with E-state index in [1.807, 2.05) is 32.0 Å². The molecule has 0 fully saturated rings. The van der Waals surface area contributed by atoms with E-state index >= 15 is 0 Å². The van der Waals surface area contributed by atoms with E-state index in [1.165, 1.54) is 5.01 Å². The summed E-state index contributed by atoms with van der Waals surface area (Å²) in [6.07, 6.45) is 0. The summed E-state index contributed by atoms with van der Waals surface area (Å²) in [7, 11) is 0. The van der Waals surface area contributed by atoms with Crippen molar-refractivity contribution in [3.63, 3.8) is 0 Å². The third-order valence-corrected chi connectivity index (χ3v) is 1.81. The van der Waals surface area contributed by atoms with Crippen LogP contribution in [0.4, 0.5) is 0 Å². The van der Waals surface area contributed by atoms with E-state index in [-0.39, 0.29) is 11.9 Å². The Hall–Kier alpha value is -1.35. The highest BCUT2D eigenvalue weighted by Gasteiger charge is 2.13. The van der Waals surface area contributed by atoms with Crippen LogP contribution in [0.3, 0.4) is 0 Å². The van der Waals surface area contributed by atoms with E-state index < -0.39 is 0 Å². The summed E-state index contributed by atoms with van der Waals surface area (Å²) < 4.78 is 0. The predicted molar refractivity (Wildman–Crippen MR) is 51.9 cm³/mol. The number of nitrogens with two attached hydrogens (primary N) is 1. The second-order valence-electron chi connectivity index (χ2n) is 3.17. The van der Waals surface area contributed by atoms with Crippen molar-refractivity contribution >= 4 is 5.91 Å². The Bertz CT molecular complexity index is 282. The van der Waals surface area contributed by atoms with Gasteiger partial charge >= 0.3 is 0 Å². The largest absolute Gasteiger partial charge is 0.274 e. The van der Waals surface area contributed by atoms with Gasteiger partial charge in [0.2, 0.25) is 0 Å². The van der Waals surface area contributed by atoms with Gasteiger partial charge in [-0.05, 0) is 26.0 Å². The summed E-state index contributed by atoms with van der Waals surface area (Å²) >= 11 is 0. The zero-order valence-corrected chi connectivity index (χ0v) is 7.90. The van der Waals surface area contributed by atoms with Gasteiger partial charge < -0.3 is 0 Å². The first-order valence-corrected chi connectivity index (χ1v) is 4.26. The molecule has 13 heavy (non-hydrogen) atoms. The van der Waals surface area contributed by atoms with E-state index in [1.54, 1.807) is 12.1 Å². The van der Waals surface area contributed by atoms with Crippen molar-refractivity contribution < 1.29 is 4.79 Å². The van der Waals surface area contributed by atoms with Gasteiger partial charge in [0, 0.05) is 11.6 Å². The number of nitrogens with zero attached hydrogens (tertiary/aromatic N) is 1. The van der Waals surface area contributed by atoms with Crippen LogP contribution < -0.4 is 5.84 Å². The average Bonchev–Trinajstić information content (AvgIpc) is 2.17.